The van der Waals surface area contributed by atoms with Gasteiger partial charge in [0.25, 0.3) is 0 Å². The van der Waals surface area contributed by atoms with E-state index in [1.54, 1.807) is 24.4 Å². The van der Waals surface area contributed by atoms with E-state index in [-0.39, 0.29) is 18.1 Å². The molecular formula is C24H29N3O3. The fourth-order valence-corrected chi connectivity index (χ4v) is 3.40. The maximum atomic E-state index is 10.2. The first-order valence-corrected chi connectivity index (χ1v) is 10.1. The second-order valence-electron chi connectivity index (χ2n) is 7.29. The molecule has 0 unspecified atom stereocenters. The monoisotopic (exact) mass is 407 g/mol. The van der Waals surface area contributed by atoms with Crippen molar-refractivity contribution in [1.82, 2.24) is 14.8 Å². The molecule has 0 fully saturated rings. The minimum Gasteiger partial charge on any atom is -0.508 e. The number of benzene rings is 2. The third kappa shape index (κ3) is 6.56. The second kappa shape index (κ2) is 11.3. The highest BCUT2D eigenvalue weighted by Crippen LogP contribution is 2.20. The Bertz CT molecular complexity index is 905. The smallest absolute Gasteiger partial charge is 0.120 e. The lowest BCUT2D eigenvalue weighted by Crippen LogP contribution is -2.36. The molecule has 1 aromatic heterocycles. The van der Waals surface area contributed by atoms with Crippen molar-refractivity contribution in [2.45, 2.75) is 19.6 Å². The van der Waals surface area contributed by atoms with Gasteiger partial charge in [-0.1, -0.05) is 42.5 Å². The molecule has 3 aromatic rings. The molecule has 3 rings (SSSR count). The van der Waals surface area contributed by atoms with Gasteiger partial charge in [-0.3, -0.25) is 14.8 Å². The molecule has 0 aliphatic rings. The number of aromatic hydroxyl groups is 2. The molecule has 6 nitrogen and oxygen atoms in total. The molecule has 6 heteroatoms. The number of rotatable bonds is 11. The number of aliphatic hydroxyl groups excluding tert-OH is 1. The van der Waals surface area contributed by atoms with Crippen LogP contribution in [-0.2, 0) is 19.6 Å². The molecule has 3 N–H and O–H groups in total. The number of aromatic nitrogens is 1. The van der Waals surface area contributed by atoms with Gasteiger partial charge in [0.1, 0.15) is 11.5 Å². The zero-order valence-corrected chi connectivity index (χ0v) is 17.1. The molecule has 30 heavy (non-hydrogen) atoms. The molecule has 0 saturated heterocycles. The van der Waals surface area contributed by atoms with Crippen LogP contribution < -0.4 is 0 Å². The maximum Gasteiger partial charge on any atom is 0.120 e. The predicted octanol–water partition coefficient (Wildman–Crippen LogP) is 2.99. The van der Waals surface area contributed by atoms with Crippen LogP contribution in [0, 0.1) is 0 Å². The fraction of sp³-hybridized carbons (Fsp3) is 0.292. The number of hydrogen-bond acceptors (Lipinski definition) is 6. The Kier molecular flexibility index (Phi) is 8.20. The maximum absolute atomic E-state index is 10.2. The summed E-state index contributed by atoms with van der Waals surface area (Å²) < 4.78 is 0. The van der Waals surface area contributed by atoms with E-state index in [1.165, 1.54) is 0 Å². The summed E-state index contributed by atoms with van der Waals surface area (Å²) in [6.07, 6.45) is 1.78. The van der Waals surface area contributed by atoms with Crippen LogP contribution in [0.5, 0.6) is 11.5 Å². The molecule has 1 heterocycles. The van der Waals surface area contributed by atoms with Crippen LogP contribution in [0.1, 0.15) is 16.8 Å². The van der Waals surface area contributed by atoms with E-state index in [2.05, 4.69) is 14.8 Å². The van der Waals surface area contributed by atoms with Crippen LogP contribution in [0.15, 0.2) is 72.9 Å². The minimum atomic E-state index is 0.0489. The fourth-order valence-electron chi connectivity index (χ4n) is 3.40. The molecule has 0 bridgehead atoms. The van der Waals surface area contributed by atoms with E-state index in [9.17, 15) is 15.3 Å². The molecule has 0 aliphatic carbocycles. The van der Waals surface area contributed by atoms with Crippen molar-refractivity contribution in [2.24, 2.45) is 0 Å². The van der Waals surface area contributed by atoms with Gasteiger partial charge in [0.2, 0.25) is 0 Å². The van der Waals surface area contributed by atoms with Gasteiger partial charge in [0.15, 0.2) is 0 Å². The van der Waals surface area contributed by atoms with Crippen LogP contribution in [0.4, 0.5) is 0 Å². The highest BCUT2D eigenvalue weighted by molar-refractivity contribution is 5.32. The second-order valence-corrected chi connectivity index (χ2v) is 7.29. The van der Waals surface area contributed by atoms with Gasteiger partial charge in [-0.05, 0) is 24.3 Å². The van der Waals surface area contributed by atoms with Crippen molar-refractivity contribution >= 4 is 0 Å². The predicted molar refractivity (Wildman–Crippen MR) is 117 cm³/mol. The zero-order chi connectivity index (χ0) is 21.2. The van der Waals surface area contributed by atoms with Crippen LogP contribution in [0.25, 0.3) is 0 Å². The molecule has 0 atom stereocenters. The molecule has 158 valence electrons. The zero-order valence-electron chi connectivity index (χ0n) is 17.1. The van der Waals surface area contributed by atoms with Gasteiger partial charge in [0.05, 0.1) is 12.3 Å². The standard InChI is InChI=1S/C24H29N3O3/c28-16-15-26(17-20-7-1-3-10-23(20)29)13-14-27(19-22-9-5-6-12-25-22)18-21-8-2-4-11-24(21)30/h1-12,28-30H,13-19H2. The Morgan fingerprint density at radius 2 is 1.20 bits per heavy atom. The number of para-hydroxylation sites is 2. The molecule has 0 radical (unpaired) electrons. The highest BCUT2D eigenvalue weighted by Gasteiger charge is 2.14. The number of pyridine rings is 1. The molecule has 0 spiro atoms. The normalized spacial score (nSPS) is 11.3. The summed E-state index contributed by atoms with van der Waals surface area (Å²) in [6, 6.07) is 20.5. The van der Waals surface area contributed by atoms with E-state index in [4.69, 9.17) is 0 Å². The minimum absolute atomic E-state index is 0.0489. The first kappa shape index (κ1) is 21.8. The van der Waals surface area contributed by atoms with Crippen LogP contribution in [0.3, 0.4) is 0 Å². The summed E-state index contributed by atoms with van der Waals surface area (Å²) >= 11 is 0. The Hall–Kier alpha value is -2.93. The van der Waals surface area contributed by atoms with Gasteiger partial charge in [0, 0.05) is 56.6 Å². The SMILES string of the molecule is OCCN(CCN(Cc1ccccn1)Cc1ccccc1O)Cc1ccccc1O. The van der Waals surface area contributed by atoms with Gasteiger partial charge in [-0.15, -0.1) is 0 Å². The Morgan fingerprint density at radius 3 is 1.77 bits per heavy atom. The van der Waals surface area contributed by atoms with Gasteiger partial charge < -0.3 is 15.3 Å². The van der Waals surface area contributed by atoms with Crippen molar-refractivity contribution in [3.63, 3.8) is 0 Å². The lowest BCUT2D eigenvalue weighted by Gasteiger charge is -2.27. The van der Waals surface area contributed by atoms with E-state index in [0.717, 1.165) is 23.4 Å². The average molecular weight is 408 g/mol. The van der Waals surface area contributed by atoms with Gasteiger partial charge in [-0.2, -0.15) is 0 Å². The van der Waals surface area contributed by atoms with Gasteiger partial charge >= 0.3 is 0 Å². The molecule has 2 aromatic carbocycles. The van der Waals surface area contributed by atoms with Crippen LogP contribution >= 0.6 is 0 Å². The molecule has 0 aliphatic heterocycles. The summed E-state index contributed by atoms with van der Waals surface area (Å²) in [5.41, 5.74) is 2.66. The van der Waals surface area contributed by atoms with E-state index >= 15 is 0 Å². The number of nitrogens with zero attached hydrogens (tertiary/aromatic N) is 3. The first-order chi connectivity index (χ1) is 14.7. The number of hydrogen-bond donors (Lipinski definition) is 3. The summed E-state index contributed by atoms with van der Waals surface area (Å²) in [5.74, 6) is 0.546. The number of phenolic OH excluding ortho intramolecular Hbond substituents is 2. The van der Waals surface area contributed by atoms with E-state index in [0.29, 0.717) is 32.7 Å². The highest BCUT2D eigenvalue weighted by atomic mass is 16.3. The van der Waals surface area contributed by atoms with Crippen molar-refractivity contribution in [2.75, 3.05) is 26.2 Å². The Balaban J connectivity index is 1.70. The third-order valence-corrected chi connectivity index (χ3v) is 5.03. The van der Waals surface area contributed by atoms with Crippen LogP contribution in [-0.4, -0.2) is 56.3 Å². The van der Waals surface area contributed by atoms with E-state index in [1.807, 2.05) is 48.5 Å². The Morgan fingerprint density at radius 1 is 0.633 bits per heavy atom. The lowest BCUT2D eigenvalue weighted by molar-refractivity contribution is 0.155. The third-order valence-electron chi connectivity index (χ3n) is 5.03. The summed E-state index contributed by atoms with van der Waals surface area (Å²) in [4.78, 5) is 8.78. The van der Waals surface area contributed by atoms with Crippen molar-refractivity contribution in [3.8, 4) is 11.5 Å². The molecular weight excluding hydrogens is 378 g/mol. The largest absolute Gasteiger partial charge is 0.508 e. The van der Waals surface area contributed by atoms with Crippen molar-refractivity contribution in [3.05, 3.63) is 89.7 Å². The first-order valence-electron chi connectivity index (χ1n) is 10.1. The number of aliphatic hydroxyl groups is 1. The summed E-state index contributed by atoms with van der Waals surface area (Å²) in [7, 11) is 0. The summed E-state index contributed by atoms with van der Waals surface area (Å²) in [6.45, 7) is 3.79. The molecule has 0 saturated carbocycles. The van der Waals surface area contributed by atoms with Gasteiger partial charge in [-0.25, -0.2) is 0 Å². The topological polar surface area (TPSA) is 80.1 Å². The van der Waals surface area contributed by atoms with E-state index < -0.39 is 0 Å². The summed E-state index contributed by atoms with van der Waals surface area (Å²) in [5, 5.41) is 29.8. The quantitative estimate of drug-likeness (QED) is 0.453. The number of phenols is 2. The van der Waals surface area contributed by atoms with Crippen LogP contribution in [0.2, 0.25) is 0 Å². The van der Waals surface area contributed by atoms with Crippen molar-refractivity contribution < 1.29 is 15.3 Å². The van der Waals surface area contributed by atoms with Crippen molar-refractivity contribution in [1.29, 1.82) is 0 Å². The lowest BCUT2D eigenvalue weighted by atomic mass is 10.1. The Labute approximate surface area is 177 Å². The molecule has 0 amide bonds. The average Bonchev–Trinajstić information content (AvgIpc) is 2.76.